The quantitative estimate of drug-likeness (QED) is 0.127. The summed E-state index contributed by atoms with van der Waals surface area (Å²) in [6, 6.07) is 22.7. The highest BCUT2D eigenvalue weighted by molar-refractivity contribution is 5.86. The number of amides is 3. The summed E-state index contributed by atoms with van der Waals surface area (Å²) in [5, 5.41) is 16.8. The molecule has 0 spiro atoms. The second-order valence-electron chi connectivity index (χ2n) is 12.2. The lowest BCUT2D eigenvalue weighted by Crippen LogP contribution is -2.58. The first-order valence-electron chi connectivity index (χ1n) is 15.8. The molecule has 2 aromatic carbocycles. The molecule has 0 aliphatic carbocycles. The molecule has 1 aromatic heterocycles. The Labute approximate surface area is 288 Å². The SMILES string of the molecule is COC(=O)NC(C(=O)NN(Cc1ccc(-c2ccccn2)cc1)CC(O)CNC=O)C(C)(C)C.COC1CCOC1=O.Cc1ccccc1. The lowest BCUT2D eigenvalue weighted by molar-refractivity contribution is -0.145. The Morgan fingerprint density at radius 2 is 1.73 bits per heavy atom. The number of aromatic nitrogens is 1. The minimum Gasteiger partial charge on any atom is -0.464 e. The lowest BCUT2D eigenvalue weighted by Gasteiger charge is -2.33. The van der Waals surface area contributed by atoms with Gasteiger partial charge in [0, 0.05) is 44.9 Å². The largest absolute Gasteiger partial charge is 0.464 e. The fourth-order valence-electron chi connectivity index (χ4n) is 4.49. The van der Waals surface area contributed by atoms with Crippen molar-refractivity contribution in [3.05, 3.63) is 90.1 Å². The number of esters is 1. The standard InChI is InChI=1S/C24H33N5O5.C7H8.C5H8O3/c1-24(2,3)21(27-23(33)34-4)22(32)28-29(15-19(31)13-25-16-30)14-17-8-10-18(11-9-17)20-7-5-6-12-26-20;1-7-5-3-2-4-6-7;1-7-4-2-3-8-5(4)6/h5-12,16,19,21,31H,13-15H2,1-4H3,(H,25,30)(H,27,33)(H,28,32);2-6H,1H3;4H,2-3H2,1H3. The van der Waals surface area contributed by atoms with Crippen molar-refractivity contribution >= 4 is 24.4 Å². The number of methoxy groups -OCH3 is 2. The minimum absolute atomic E-state index is 0.0254. The van der Waals surface area contributed by atoms with Crippen molar-refractivity contribution in [2.75, 3.05) is 33.9 Å². The zero-order valence-corrected chi connectivity index (χ0v) is 29.0. The summed E-state index contributed by atoms with van der Waals surface area (Å²) in [5.41, 5.74) is 6.18. The molecular formula is C36H49N5O8. The molecule has 3 atom stereocenters. The van der Waals surface area contributed by atoms with Gasteiger partial charge in [-0.15, -0.1) is 0 Å². The maximum Gasteiger partial charge on any atom is 0.407 e. The van der Waals surface area contributed by atoms with E-state index in [-0.39, 0.29) is 31.7 Å². The number of carbonyl (C=O) groups is 4. The number of nitrogens with one attached hydrogen (secondary N) is 3. The number of pyridine rings is 1. The Kier molecular flexibility index (Phi) is 17.4. The molecule has 4 rings (SSSR count). The van der Waals surface area contributed by atoms with Gasteiger partial charge in [-0.05, 0) is 30.0 Å². The number of aryl methyl sites for hydroxylation is 1. The van der Waals surface area contributed by atoms with E-state index < -0.39 is 29.6 Å². The van der Waals surface area contributed by atoms with E-state index in [1.807, 2.05) is 81.4 Å². The second kappa shape index (κ2) is 21.2. The second-order valence-corrected chi connectivity index (χ2v) is 12.2. The Morgan fingerprint density at radius 1 is 1.06 bits per heavy atom. The van der Waals surface area contributed by atoms with E-state index in [9.17, 15) is 24.3 Å². The molecule has 4 N–H and O–H groups in total. The monoisotopic (exact) mass is 679 g/mol. The van der Waals surface area contributed by atoms with Crippen molar-refractivity contribution in [3.8, 4) is 11.3 Å². The van der Waals surface area contributed by atoms with Crippen LogP contribution in [-0.2, 0) is 35.1 Å². The van der Waals surface area contributed by atoms with Gasteiger partial charge in [0.1, 0.15) is 6.04 Å². The van der Waals surface area contributed by atoms with Gasteiger partial charge in [-0.2, -0.15) is 0 Å². The van der Waals surface area contributed by atoms with E-state index in [1.165, 1.54) is 19.8 Å². The highest BCUT2D eigenvalue weighted by Gasteiger charge is 2.34. The van der Waals surface area contributed by atoms with Crippen LogP contribution in [0.15, 0.2) is 79.0 Å². The minimum atomic E-state index is -0.931. The maximum atomic E-state index is 13.1. The van der Waals surface area contributed by atoms with Crippen LogP contribution in [0.3, 0.4) is 0 Å². The van der Waals surface area contributed by atoms with Crippen molar-refractivity contribution in [2.24, 2.45) is 5.41 Å². The molecule has 0 bridgehead atoms. The average molecular weight is 680 g/mol. The summed E-state index contributed by atoms with van der Waals surface area (Å²) in [4.78, 5) is 50.3. The molecule has 1 saturated heterocycles. The van der Waals surface area contributed by atoms with Crippen LogP contribution in [0, 0.1) is 12.3 Å². The van der Waals surface area contributed by atoms with Gasteiger partial charge >= 0.3 is 12.1 Å². The molecule has 13 nitrogen and oxygen atoms in total. The number of hydrogen-bond donors (Lipinski definition) is 4. The molecule has 13 heteroatoms. The summed E-state index contributed by atoms with van der Waals surface area (Å²) in [6.07, 6.45) is 0.980. The third-order valence-electron chi connectivity index (χ3n) is 7.11. The third-order valence-corrected chi connectivity index (χ3v) is 7.11. The van der Waals surface area contributed by atoms with Crippen LogP contribution < -0.4 is 16.1 Å². The summed E-state index contributed by atoms with van der Waals surface area (Å²) in [6.45, 7) is 8.39. The summed E-state index contributed by atoms with van der Waals surface area (Å²) in [7, 11) is 2.74. The highest BCUT2D eigenvalue weighted by atomic mass is 16.6. The molecule has 0 radical (unpaired) electrons. The van der Waals surface area contributed by atoms with E-state index in [0.717, 1.165) is 16.8 Å². The Balaban J connectivity index is 0.000000449. The molecule has 2 heterocycles. The van der Waals surface area contributed by atoms with Crippen LogP contribution in [0.4, 0.5) is 4.79 Å². The summed E-state index contributed by atoms with van der Waals surface area (Å²) < 4.78 is 14.0. The zero-order chi connectivity index (χ0) is 36.2. The van der Waals surface area contributed by atoms with Crippen LogP contribution in [-0.4, -0.2) is 91.6 Å². The zero-order valence-electron chi connectivity index (χ0n) is 29.0. The average Bonchev–Trinajstić information content (AvgIpc) is 3.51. The smallest absolute Gasteiger partial charge is 0.407 e. The molecule has 3 unspecified atom stereocenters. The van der Waals surface area contributed by atoms with Crippen LogP contribution in [0.2, 0.25) is 0 Å². The Bertz CT molecular complexity index is 1420. The maximum absolute atomic E-state index is 13.1. The van der Waals surface area contributed by atoms with Gasteiger partial charge in [-0.3, -0.25) is 20.0 Å². The van der Waals surface area contributed by atoms with Gasteiger partial charge in [0.15, 0.2) is 6.10 Å². The van der Waals surface area contributed by atoms with Gasteiger partial charge in [0.05, 0.1) is 25.5 Å². The van der Waals surface area contributed by atoms with E-state index in [2.05, 4.69) is 49.6 Å². The van der Waals surface area contributed by atoms with Crippen LogP contribution in [0.5, 0.6) is 0 Å². The predicted octanol–water partition coefficient (Wildman–Crippen LogP) is 3.40. The third kappa shape index (κ3) is 15.3. The normalized spacial score (nSPS) is 14.9. The Morgan fingerprint density at radius 3 is 2.20 bits per heavy atom. The molecule has 1 fully saturated rings. The summed E-state index contributed by atoms with van der Waals surface area (Å²) in [5.74, 6) is -0.689. The number of aliphatic hydroxyl groups excluding tert-OH is 1. The molecule has 1 aliphatic heterocycles. The van der Waals surface area contributed by atoms with Crippen molar-refractivity contribution in [1.29, 1.82) is 0 Å². The molecule has 3 aromatic rings. The number of alkyl carbamates (subject to hydrolysis) is 1. The summed E-state index contributed by atoms with van der Waals surface area (Å²) >= 11 is 0. The first kappa shape index (κ1) is 40.3. The van der Waals surface area contributed by atoms with Gasteiger partial charge < -0.3 is 30.0 Å². The first-order valence-corrected chi connectivity index (χ1v) is 15.8. The molecule has 0 saturated carbocycles. The lowest BCUT2D eigenvalue weighted by atomic mass is 9.86. The van der Waals surface area contributed by atoms with Crippen molar-refractivity contribution in [2.45, 2.75) is 58.9 Å². The van der Waals surface area contributed by atoms with Crippen LogP contribution in [0.1, 0.15) is 38.3 Å². The number of hydrogen-bond acceptors (Lipinski definition) is 10. The molecule has 49 heavy (non-hydrogen) atoms. The first-order chi connectivity index (χ1) is 23.4. The van der Waals surface area contributed by atoms with Crippen molar-refractivity contribution in [3.63, 3.8) is 0 Å². The topological polar surface area (TPSA) is 168 Å². The number of benzene rings is 2. The Hall–Kier alpha value is -4.85. The van der Waals surface area contributed by atoms with E-state index in [1.54, 1.807) is 11.2 Å². The molecule has 1 aliphatic rings. The molecule has 266 valence electrons. The van der Waals surface area contributed by atoms with Gasteiger partial charge in [0.25, 0.3) is 5.91 Å². The van der Waals surface area contributed by atoms with Crippen molar-refractivity contribution in [1.82, 2.24) is 26.1 Å². The van der Waals surface area contributed by atoms with Crippen molar-refractivity contribution < 1.29 is 38.5 Å². The fourth-order valence-corrected chi connectivity index (χ4v) is 4.49. The number of hydrazine groups is 1. The number of nitrogens with zero attached hydrogens (tertiary/aromatic N) is 2. The van der Waals surface area contributed by atoms with Crippen LogP contribution >= 0.6 is 0 Å². The van der Waals surface area contributed by atoms with E-state index in [4.69, 9.17) is 4.74 Å². The van der Waals surface area contributed by atoms with E-state index >= 15 is 0 Å². The molecular weight excluding hydrogens is 630 g/mol. The van der Waals surface area contributed by atoms with Gasteiger partial charge in [0.2, 0.25) is 6.41 Å². The van der Waals surface area contributed by atoms with E-state index in [0.29, 0.717) is 19.4 Å². The van der Waals surface area contributed by atoms with Gasteiger partial charge in [-0.25, -0.2) is 14.6 Å². The number of ether oxygens (including phenoxy) is 3. The number of carbonyl (C=O) groups excluding carboxylic acids is 4. The van der Waals surface area contributed by atoms with Crippen LogP contribution in [0.25, 0.3) is 11.3 Å². The highest BCUT2D eigenvalue weighted by Crippen LogP contribution is 2.21. The predicted molar refractivity (Wildman–Crippen MR) is 185 cm³/mol. The number of aliphatic hydroxyl groups is 1. The van der Waals surface area contributed by atoms with Gasteiger partial charge in [-0.1, -0.05) is 87.0 Å². The molecule has 3 amide bonds. The fraction of sp³-hybridized carbons (Fsp3) is 0.417. The number of rotatable bonds is 12. The number of cyclic esters (lactones) is 1.